The standard InChI is InChI=1S/C21H23F2N3O2/c1-3-28-19-11-14(15(22)12-16(19)23)13-5-8-24-18(10-13)17-4-6-21(25-17)7-9-26(2)20(21)27/h5,8,10-12,17,25H,3-4,6-7,9H2,1-2H3/t17-,21+/m1/s1. The smallest absolute Gasteiger partial charge is 0.242 e. The van der Waals surface area contributed by atoms with Crippen LogP contribution in [0, 0.1) is 11.6 Å². The van der Waals surface area contributed by atoms with Crippen molar-refractivity contribution in [2.24, 2.45) is 0 Å². The zero-order valence-corrected chi connectivity index (χ0v) is 16.0. The number of hydrogen-bond donors (Lipinski definition) is 1. The molecule has 1 aromatic carbocycles. The summed E-state index contributed by atoms with van der Waals surface area (Å²) in [5, 5.41) is 3.46. The Morgan fingerprint density at radius 1 is 1.29 bits per heavy atom. The van der Waals surface area contributed by atoms with Crippen LogP contribution in [0.1, 0.15) is 37.9 Å². The molecule has 0 aliphatic carbocycles. The van der Waals surface area contributed by atoms with Crippen molar-refractivity contribution < 1.29 is 18.3 Å². The van der Waals surface area contributed by atoms with Gasteiger partial charge in [0.25, 0.3) is 0 Å². The van der Waals surface area contributed by atoms with Crippen molar-refractivity contribution in [3.8, 4) is 16.9 Å². The number of benzene rings is 1. The number of likely N-dealkylation sites (N-methyl/N-ethyl adjacent to an activating group) is 1. The minimum atomic E-state index is -0.722. The molecule has 0 bridgehead atoms. The number of hydrogen-bond acceptors (Lipinski definition) is 4. The summed E-state index contributed by atoms with van der Waals surface area (Å²) in [7, 11) is 1.82. The van der Waals surface area contributed by atoms with E-state index in [0.717, 1.165) is 37.6 Å². The quantitative estimate of drug-likeness (QED) is 0.873. The van der Waals surface area contributed by atoms with Crippen LogP contribution in [0.2, 0.25) is 0 Å². The SMILES string of the molecule is CCOc1cc(-c2ccnc([C@H]3CC[C@@]4(CCN(C)C4=O)N3)c2)c(F)cc1F. The van der Waals surface area contributed by atoms with E-state index >= 15 is 0 Å². The van der Waals surface area contributed by atoms with Gasteiger partial charge in [0.05, 0.1) is 18.3 Å². The maximum Gasteiger partial charge on any atom is 0.242 e. The largest absolute Gasteiger partial charge is 0.491 e. The highest BCUT2D eigenvalue weighted by Crippen LogP contribution is 2.39. The molecule has 0 saturated carbocycles. The molecule has 2 fully saturated rings. The predicted octanol–water partition coefficient (Wildman–Crippen LogP) is 3.45. The van der Waals surface area contributed by atoms with Crippen LogP contribution in [0.25, 0.3) is 11.1 Å². The Bertz CT molecular complexity index is 921. The van der Waals surface area contributed by atoms with Gasteiger partial charge < -0.3 is 9.64 Å². The second-order valence-corrected chi connectivity index (χ2v) is 7.46. The Morgan fingerprint density at radius 2 is 2.11 bits per heavy atom. The second kappa shape index (κ2) is 7.13. The third-order valence-electron chi connectivity index (χ3n) is 5.71. The summed E-state index contributed by atoms with van der Waals surface area (Å²) in [6.45, 7) is 2.78. The summed E-state index contributed by atoms with van der Waals surface area (Å²) in [6, 6.07) is 5.63. The first-order valence-electron chi connectivity index (χ1n) is 9.55. The summed E-state index contributed by atoms with van der Waals surface area (Å²) in [4.78, 5) is 18.7. The lowest BCUT2D eigenvalue weighted by Gasteiger charge is -2.23. The van der Waals surface area contributed by atoms with Gasteiger partial charge in [0.2, 0.25) is 5.91 Å². The van der Waals surface area contributed by atoms with E-state index in [9.17, 15) is 13.6 Å². The molecule has 1 aromatic heterocycles. The van der Waals surface area contributed by atoms with E-state index in [4.69, 9.17) is 4.74 Å². The molecule has 7 heteroatoms. The summed E-state index contributed by atoms with van der Waals surface area (Å²) in [6.07, 6.45) is 3.93. The number of carbonyl (C=O) groups is 1. The van der Waals surface area contributed by atoms with E-state index in [2.05, 4.69) is 10.3 Å². The van der Waals surface area contributed by atoms with Crippen molar-refractivity contribution in [2.75, 3.05) is 20.2 Å². The number of nitrogens with zero attached hydrogens (tertiary/aromatic N) is 2. The van der Waals surface area contributed by atoms with Crippen molar-refractivity contribution in [3.05, 3.63) is 47.8 Å². The van der Waals surface area contributed by atoms with Crippen LogP contribution in [0.15, 0.2) is 30.5 Å². The zero-order chi connectivity index (χ0) is 19.9. The fraction of sp³-hybridized carbons (Fsp3) is 0.429. The number of halogens is 2. The average Bonchev–Trinajstić information content (AvgIpc) is 3.24. The molecule has 1 N–H and O–H groups in total. The van der Waals surface area contributed by atoms with Crippen LogP contribution in [-0.2, 0) is 4.79 Å². The van der Waals surface area contributed by atoms with E-state index in [1.54, 1.807) is 30.2 Å². The number of rotatable bonds is 4. The first-order chi connectivity index (χ1) is 13.4. The molecule has 2 aliphatic rings. The second-order valence-electron chi connectivity index (χ2n) is 7.46. The third kappa shape index (κ3) is 3.13. The van der Waals surface area contributed by atoms with Crippen LogP contribution < -0.4 is 10.1 Å². The number of ether oxygens (including phenoxy) is 1. The Balaban J connectivity index is 1.63. The normalized spacial score (nSPS) is 24.4. The molecular formula is C21H23F2N3O2. The van der Waals surface area contributed by atoms with Gasteiger partial charge in [0.15, 0.2) is 11.6 Å². The number of nitrogens with one attached hydrogen (secondary N) is 1. The first kappa shape index (κ1) is 18.8. The van der Waals surface area contributed by atoms with E-state index in [-0.39, 0.29) is 23.3 Å². The van der Waals surface area contributed by atoms with Crippen molar-refractivity contribution in [1.29, 1.82) is 0 Å². The molecule has 3 heterocycles. The minimum absolute atomic E-state index is 0.0230. The number of likely N-dealkylation sites (tertiary alicyclic amines) is 1. The Hall–Kier alpha value is -2.54. The molecule has 5 nitrogen and oxygen atoms in total. The van der Waals surface area contributed by atoms with E-state index < -0.39 is 17.2 Å². The van der Waals surface area contributed by atoms with Gasteiger partial charge in [0.1, 0.15) is 11.4 Å². The topological polar surface area (TPSA) is 54.5 Å². The Kier molecular flexibility index (Phi) is 4.79. The molecule has 2 aromatic rings. The number of aromatic nitrogens is 1. The van der Waals surface area contributed by atoms with Gasteiger partial charge in [-0.2, -0.15) is 0 Å². The molecule has 4 rings (SSSR count). The summed E-state index contributed by atoms with van der Waals surface area (Å²) < 4.78 is 33.5. The maximum absolute atomic E-state index is 14.4. The summed E-state index contributed by atoms with van der Waals surface area (Å²) in [5.74, 6) is -1.23. The minimum Gasteiger partial charge on any atom is -0.491 e. The van der Waals surface area contributed by atoms with Gasteiger partial charge in [-0.05, 0) is 49.9 Å². The van der Waals surface area contributed by atoms with E-state index in [1.165, 1.54) is 6.07 Å². The third-order valence-corrected chi connectivity index (χ3v) is 5.71. The molecule has 2 atom stereocenters. The number of carbonyl (C=O) groups excluding carboxylic acids is 1. The molecule has 1 amide bonds. The molecule has 0 radical (unpaired) electrons. The molecule has 28 heavy (non-hydrogen) atoms. The lowest BCUT2D eigenvalue weighted by Crippen LogP contribution is -2.47. The Morgan fingerprint density at radius 3 is 2.82 bits per heavy atom. The monoisotopic (exact) mass is 387 g/mol. The highest BCUT2D eigenvalue weighted by atomic mass is 19.1. The highest BCUT2D eigenvalue weighted by Gasteiger charge is 2.50. The van der Waals surface area contributed by atoms with Crippen molar-refractivity contribution >= 4 is 5.91 Å². The Labute approximate surface area is 162 Å². The average molecular weight is 387 g/mol. The molecular weight excluding hydrogens is 364 g/mol. The molecule has 2 aliphatic heterocycles. The molecule has 1 spiro atoms. The van der Waals surface area contributed by atoms with Crippen molar-refractivity contribution in [1.82, 2.24) is 15.2 Å². The lowest BCUT2D eigenvalue weighted by molar-refractivity contribution is -0.131. The van der Waals surface area contributed by atoms with E-state index in [1.807, 2.05) is 7.05 Å². The fourth-order valence-electron chi connectivity index (χ4n) is 4.21. The van der Waals surface area contributed by atoms with Gasteiger partial charge in [-0.25, -0.2) is 8.78 Å². The molecule has 2 saturated heterocycles. The van der Waals surface area contributed by atoms with E-state index in [0.29, 0.717) is 12.2 Å². The van der Waals surface area contributed by atoms with Gasteiger partial charge in [-0.15, -0.1) is 0 Å². The van der Waals surface area contributed by atoms with Gasteiger partial charge in [-0.1, -0.05) is 0 Å². The number of pyridine rings is 1. The lowest BCUT2D eigenvalue weighted by atomic mass is 9.96. The van der Waals surface area contributed by atoms with Crippen LogP contribution in [0.3, 0.4) is 0 Å². The van der Waals surface area contributed by atoms with Gasteiger partial charge in [-0.3, -0.25) is 15.1 Å². The first-order valence-corrected chi connectivity index (χ1v) is 9.55. The predicted molar refractivity (Wildman–Crippen MR) is 101 cm³/mol. The fourth-order valence-corrected chi connectivity index (χ4v) is 4.21. The number of amides is 1. The summed E-state index contributed by atoms with van der Waals surface area (Å²) in [5.41, 5.74) is 1.10. The molecule has 148 valence electrons. The highest BCUT2D eigenvalue weighted by molar-refractivity contribution is 5.88. The summed E-state index contributed by atoms with van der Waals surface area (Å²) >= 11 is 0. The molecule has 0 unspecified atom stereocenters. The zero-order valence-electron chi connectivity index (χ0n) is 16.0. The van der Waals surface area contributed by atoms with Crippen LogP contribution >= 0.6 is 0 Å². The van der Waals surface area contributed by atoms with Crippen LogP contribution in [0.5, 0.6) is 5.75 Å². The van der Waals surface area contributed by atoms with Gasteiger partial charge in [0, 0.05) is 31.4 Å². The van der Waals surface area contributed by atoms with Crippen molar-refractivity contribution in [2.45, 2.75) is 37.8 Å². The van der Waals surface area contributed by atoms with Crippen molar-refractivity contribution in [3.63, 3.8) is 0 Å². The van der Waals surface area contributed by atoms with Crippen LogP contribution in [0.4, 0.5) is 8.78 Å². The van der Waals surface area contributed by atoms with Gasteiger partial charge >= 0.3 is 0 Å². The maximum atomic E-state index is 14.4. The van der Waals surface area contributed by atoms with Crippen LogP contribution in [-0.4, -0.2) is 41.5 Å².